The number of nitrogens with zero attached hydrogens (tertiary/aromatic N) is 3. The van der Waals surface area contributed by atoms with Crippen molar-refractivity contribution in [3.63, 3.8) is 0 Å². The van der Waals surface area contributed by atoms with E-state index in [9.17, 15) is 0 Å². The summed E-state index contributed by atoms with van der Waals surface area (Å²) in [4.78, 5) is 14.8. The zero-order valence-electron chi connectivity index (χ0n) is 39.4. The number of hydrogen-bond acceptors (Lipinski definition) is 4. The van der Waals surface area contributed by atoms with Crippen LogP contribution in [0.15, 0.2) is 235 Å². The summed E-state index contributed by atoms with van der Waals surface area (Å²) in [6.07, 6.45) is 9.53. The number of para-hydroxylation sites is 1. The summed E-state index contributed by atoms with van der Waals surface area (Å²) >= 11 is 0. The van der Waals surface area contributed by atoms with Gasteiger partial charge in [-0.3, -0.25) is 0 Å². The number of pyridine rings is 3. The van der Waals surface area contributed by atoms with Gasteiger partial charge < -0.3 is 19.4 Å². The van der Waals surface area contributed by atoms with Crippen molar-refractivity contribution in [1.29, 1.82) is 0 Å². The van der Waals surface area contributed by atoms with Gasteiger partial charge in [-0.05, 0) is 115 Å². The van der Waals surface area contributed by atoms with E-state index < -0.39 is 0 Å². The van der Waals surface area contributed by atoms with E-state index in [0.717, 1.165) is 109 Å². The standard InChI is InChI=1S/C67H46N3O.Ir/c1-4-14-50(15-5-1)51-30-32-52(33-31-51)61-42-65(55-34-35-60-59-22-12-13-23-66(59)71-67(60)41-55)70-45-62(61)58-21-11-10-20-57(58)56-39-48(26-24-46-28-36-63(68-43-46)53-16-6-2-7-17-53)38-49(40-56)27-25-47-29-37-64(69-44-47)54-18-8-3-9-19-54;/h1-16,18,20-23,28-33,35-45H,24-27H2;/q-3;+3. The average molecular weight is 1100 g/mol. The van der Waals surface area contributed by atoms with Crippen LogP contribution in [0.25, 0.3) is 100 Å². The smallest absolute Gasteiger partial charge is 0.476 e. The summed E-state index contributed by atoms with van der Waals surface area (Å²) in [5.41, 5.74) is 21.2. The van der Waals surface area contributed by atoms with Gasteiger partial charge in [-0.25, -0.2) is 0 Å². The van der Waals surface area contributed by atoms with Crippen LogP contribution in [-0.2, 0) is 45.8 Å². The second kappa shape index (κ2) is 20.9. The molecule has 0 atom stereocenters. The molecule has 0 aliphatic carbocycles. The fraction of sp³-hybridized carbons (Fsp3) is 0.0597. The molecule has 0 spiro atoms. The predicted molar refractivity (Wildman–Crippen MR) is 289 cm³/mol. The van der Waals surface area contributed by atoms with Crippen molar-refractivity contribution >= 4 is 21.9 Å². The van der Waals surface area contributed by atoms with Gasteiger partial charge in [-0.1, -0.05) is 157 Å². The molecule has 0 aliphatic rings. The minimum Gasteiger partial charge on any atom is -0.476 e. The molecule has 0 amide bonds. The largest absolute Gasteiger partial charge is 3.00 e. The van der Waals surface area contributed by atoms with E-state index in [1.54, 1.807) is 0 Å². The molecule has 5 heteroatoms. The Hall–Kier alpha value is -8.34. The Morgan fingerprint density at radius 3 is 1.54 bits per heavy atom. The number of furan rings is 1. The van der Waals surface area contributed by atoms with Crippen LogP contribution < -0.4 is 0 Å². The second-order valence-electron chi connectivity index (χ2n) is 18.0. The topological polar surface area (TPSA) is 51.8 Å². The van der Waals surface area contributed by atoms with Crippen molar-refractivity contribution in [2.45, 2.75) is 25.7 Å². The van der Waals surface area contributed by atoms with Crippen LogP contribution in [0.4, 0.5) is 0 Å². The second-order valence-corrected chi connectivity index (χ2v) is 18.0. The molecule has 4 heterocycles. The van der Waals surface area contributed by atoms with Crippen molar-refractivity contribution in [3.8, 4) is 78.3 Å². The molecule has 344 valence electrons. The Bertz CT molecular complexity index is 3670. The van der Waals surface area contributed by atoms with E-state index in [4.69, 9.17) is 19.4 Å². The summed E-state index contributed by atoms with van der Waals surface area (Å²) in [5, 5.41) is 2.12. The summed E-state index contributed by atoms with van der Waals surface area (Å²) in [7, 11) is 0. The zero-order valence-corrected chi connectivity index (χ0v) is 41.7. The molecule has 0 N–H and O–H groups in total. The first-order chi connectivity index (χ1) is 35.1. The van der Waals surface area contributed by atoms with Crippen molar-refractivity contribution in [3.05, 3.63) is 271 Å². The Balaban J connectivity index is 0.00000560. The summed E-state index contributed by atoms with van der Waals surface area (Å²) in [6, 6.07) is 84.6. The van der Waals surface area contributed by atoms with Crippen LogP contribution in [0.3, 0.4) is 0 Å². The van der Waals surface area contributed by atoms with Crippen molar-refractivity contribution in [2.24, 2.45) is 0 Å². The van der Waals surface area contributed by atoms with Crippen molar-refractivity contribution < 1.29 is 24.5 Å². The zero-order chi connectivity index (χ0) is 47.3. The Labute approximate surface area is 434 Å². The molecule has 0 fully saturated rings. The van der Waals surface area contributed by atoms with Gasteiger partial charge in [0.05, 0.1) is 5.58 Å². The molecule has 8 aromatic carbocycles. The maximum Gasteiger partial charge on any atom is 3.00 e. The maximum absolute atomic E-state index is 6.33. The van der Waals surface area contributed by atoms with E-state index in [0.29, 0.717) is 0 Å². The minimum absolute atomic E-state index is 0. The number of fused-ring (bicyclic) bond motifs is 3. The van der Waals surface area contributed by atoms with E-state index in [-0.39, 0.29) is 20.1 Å². The van der Waals surface area contributed by atoms with Gasteiger partial charge in [0.25, 0.3) is 0 Å². The van der Waals surface area contributed by atoms with Crippen LogP contribution in [0.5, 0.6) is 0 Å². The fourth-order valence-electron chi connectivity index (χ4n) is 9.66. The Morgan fingerprint density at radius 1 is 0.333 bits per heavy atom. The van der Waals surface area contributed by atoms with Crippen LogP contribution in [0, 0.1) is 18.2 Å². The third-order valence-electron chi connectivity index (χ3n) is 13.4. The molecule has 0 aliphatic heterocycles. The van der Waals surface area contributed by atoms with Crippen molar-refractivity contribution in [1.82, 2.24) is 15.0 Å². The number of aromatic nitrogens is 3. The molecular formula is C67H46IrN3O. The molecule has 4 aromatic heterocycles. The molecular weight excluding hydrogens is 1050 g/mol. The number of benzene rings is 8. The maximum atomic E-state index is 6.33. The molecule has 12 rings (SSSR count). The van der Waals surface area contributed by atoms with Crippen LogP contribution >= 0.6 is 0 Å². The summed E-state index contributed by atoms with van der Waals surface area (Å²) in [5.74, 6) is 0. The first-order valence-corrected chi connectivity index (χ1v) is 24.2. The molecule has 0 saturated heterocycles. The third kappa shape index (κ3) is 9.86. The first-order valence-electron chi connectivity index (χ1n) is 24.2. The number of rotatable bonds is 13. The molecule has 0 unspecified atom stereocenters. The van der Waals surface area contributed by atoms with Gasteiger partial charge in [-0.15, -0.1) is 89.5 Å². The number of hydrogen-bond donors (Lipinski definition) is 0. The van der Waals surface area contributed by atoms with Crippen LogP contribution in [-0.4, -0.2) is 15.0 Å². The summed E-state index contributed by atoms with van der Waals surface area (Å²) < 4.78 is 6.33. The predicted octanol–water partition coefficient (Wildman–Crippen LogP) is 16.4. The normalized spacial score (nSPS) is 11.2. The van der Waals surface area contributed by atoms with E-state index >= 15 is 0 Å². The Kier molecular flexibility index (Phi) is 13.4. The SMILES string of the molecule is [Ir+3].[c-]1ccccc1-c1ccc(CCc2cc(CCc3ccc(-c4[c-]cccc4)nc3)cc(-c3ccccc3-c3cnc(-c4[c-]cc5c(c4)oc4ccccc45)cc3-c3ccc(-c4ccccc4)cc3)c2)cn1. The van der Waals surface area contributed by atoms with Crippen molar-refractivity contribution in [2.75, 3.05) is 0 Å². The molecule has 0 radical (unpaired) electrons. The van der Waals surface area contributed by atoms with Crippen LogP contribution in [0.2, 0.25) is 0 Å². The molecule has 0 saturated carbocycles. The van der Waals surface area contributed by atoms with Gasteiger partial charge in [0.2, 0.25) is 0 Å². The van der Waals surface area contributed by atoms with Gasteiger partial charge >= 0.3 is 20.1 Å². The minimum atomic E-state index is 0. The van der Waals surface area contributed by atoms with E-state index in [2.05, 4.69) is 170 Å². The quantitative estimate of drug-likeness (QED) is 0.108. The molecule has 0 bridgehead atoms. The molecule has 72 heavy (non-hydrogen) atoms. The Morgan fingerprint density at radius 2 is 0.903 bits per heavy atom. The van der Waals surface area contributed by atoms with Gasteiger partial charge in [0.15, 0.2) is 0 Å². The molecule has 4 nitrogen and oxygen atoms in total. The van der Waals surface area contributed by atoms with Gasteiger partial charge in [0, 0.05) is 24.2 Å². The number of aryl methyl sites for hydroxylation is 4. The van der Waals surface area contributed by atoms with Crippen LogP contribution in [0.1, 0.15) is 22.3 Å². The van der Waals surface area contributed by atoms with Gasteiger partial charge in [0.1, 0.15) is 5.58 Å². The first kappa shape index (κ1) is 46.1. The van der Waals surface area contributed by atoms with E-state index in [1.807, 2.05) is 79.3 Å². The average Bonchev–Trinajstić information content (AvgIpc) is 3.83. The van der Waals surface area contributed by atoms with Gasteiger partial charge in [-0.2, -0.15) is 0 Å². The fourth-order valence-corrected chi connectivity index (χ4v) is 9.66. The van der Waals surface area contributed by atoms with E-state index in [1.165, 1.54) is 38.9 Å². The monoisotopic (exact) mass is 1100 g/mol. The summed E-state index contributed by atoms with van der Waals surface area (Å²) in [6.45, 7) is 0. The third-order valence-corrected chi connectivity index (χ3v) is 13.4. The molecule has 12 aromatic rings.